The average molecular weight is 416 g/mol. The summed E-state index contributed by atoms with van der Waals surface area (Å²) in [6.45, 7) is 6.33. The van der Waals surface area contributed by atoms with Gasteiger partial charge in [0.25, 0.3) is 0 Å². The fourth-order valence-corrected chi connectivity index (χ4v) is 3.33. The molecule has 1 aromatic rings. The largest absolute Gasteiger partial charge is 0.478 e. The van der Waals surface area contributed by atoms with Crippen LogP contribution in [0.15, 0.2) is 18.2 Å². The van der Waals surface area contributed by atoms with E-state index in [0.29, 0.717) is 19.2 Å². The molecular formula is C20H27F3N2O4. The van der Waals surface area contributed by atoms with Gasteiger partial charge in [0.2, 0.25) is 0 Å². The van der Waals surface area contributed by atoms with E-state index in [0.717, 1.165) is 12.8 Å². The molecule has 1 amide bonds. The van der Waals surface area contributed by atoms with Gasteiger partial charge < -0.3 is 14.7 Å². The van der Waals surface area contributed by atoms with Crippen molar-refractivity contribution in [2.75, 3.05) is 20.1 Å². The number of alkyl halides is 3. The van der Waals surface area contributed by atoms with Gasteiger partial charge in [-0.25, -0.2) is 9.59 Å². The fourth-order valence-electron chi connectivity index (χ4n) is 3.33. The van der Waals surface area contributed by atoms with Crippen LogP contribution in [0.4, 0.5) is 18.0 Å². The second kappa shape index (κ2) is 8.61. The summed E-state index contributed by atoms with van der Waals surface area (Å²) in [6.07, 6.45) is -3.66. The van der Waals surface area contributed by atoms with Gasteiger partial charge in [-0.3, -0.25) is 4.90 Å². The number of amides is 1. The number of aromatic carboxylic acids is 1. The summed E-state index contributed by atoms with van der Waals surface area (Å²) in [4.78, 5) is 26.7. The number of likely N-dealkylation sites (tertiary alicyclic amines) is 1. The first-order valence-electron chi connectivity index (χ1n) is 9.39. The maximum atomic E-state index is 13.4. The number of likely N-dealkylation sites (N-methyl/N-ethyl adjacent to an activating group) is 1. The maximum absolute atomic E-state index is 13.4. The number of carboxylic acids is 1. The molecule has 0 unspecified atom stereocenters. The molecule has 1 fully saturated rings. The molecule has 0 saturated carbocycles. The van der Waals surface area contributed by atoms with E-state index in [9.17, 15) is 22.8 Å². The molecule has 1 aromatic carbocycles. The molecule has 1 atom stereocenters. The van der Waals surface area contributed by atoms with E-state index in [4.69, 9.17) is 9.84 Å². The molecule has 9 heteroatoms. The summed E-state index contributed by atoms with van der Waals surface area (Å²) >= 11 is 0. The fraction of sp³-hybridized carbons (Fsp3) is 0.600. The zero-order chi connectivity index (χ0) is 22.0. The molecule has 162 valence electrons. The summed E-state index contributed by atoms with van der Waals surface area (Å²) < 4.78 is 45.7. The number of hydrogen-bond donors (Lipinski definition) is 1. The van der Waals surface area contributed by atoms with Crippen molar-refractivity contribution in [2.24, 2.45) is 0 Å². The van der Waals surface area contributed by atoms with Crippen molar-refractivity contribution in [3.63, 3.8) is 0 Å². The molecule has 1 aliphatic heterocycles. The van der Waals surface area contributed by atoms with Crippen LogP contribution in [0.2, 0.25) is 0 Å². The minimum atomic E-state index is -4.65. The van der Waals surface area contributed by atoms with Crippen LogP contribution in [0, 0.1) is 0 Å². The Morgan fingerprint density at radius 1 is 1.28 bits per heavy atom. The number of carbonyl (C=O) groups is 2. The topological polar surface area (TPSA) is 70.1 Å². The van der Waals surface area contributed by atoms with E-state index in [1.54, 1.807) is 27.8 Å². The third kappa shape index (κ3) is 6.35. The Morgan fingerprint density at radius 3 is 2.48 bits per heavy atom. The van der Waals surface area contributed by atoms with Crippen molar-refractivity contribution in [3.05, 3.63) is 34.9 Å². The van der Waals surface area contributed by atoms with Crippen molar-refractivity contribution in [3.8, 4) is 0 Å². The monoisotopic (exact) mass is 416 g/mol. The molecule has 2 rings (SSSR count). The first-order valence-corrected chi connectivity index (χ1v) is 9.39. The Hall–Kier alpha value is -2.29. The van der Waals surface area contributed by atoms with Crippen molar-refractivity contribution < 1.29 is 32.6 Å². The second-order valence-electron chi connectivity index (χ2n) is 8.30. The number of carbonyl (C=O) groups excluding carboxylic acids is 1. The number of nitrogens with zero attached hydrogens (tertiary/aromatic N) is 2. The summed E-state index contributed by atoms with van der Waals surface area (Å²) in [5.74, 6) is -1.40. The molecule has 0 spiro atoms. The number of piperidine rings is 1. The molecule has 1 aliphatic rings. The SMILES string of the molecule is CN(C(=O)OC(C)(C)C)[C@H]1CCCN(Cc2ccc(C(=O)O)cc2C(F)(F)F)C1. The highest BCUT2D eigenvalue weighted by Crippen LogP contribution is 2.34. The van der Waals surface area contributed by atoms with E-state index in [1.165, 1.54) is 17.0 Å². The molecule has 1 N–H and O–H groups in total. The molecule has 29 heavy (non-hydrogen) atoms. The molecular weight excluding hydrogens is 389 g/mol. The first-order chi connectivity index (χ1) is 13.3. The number of halogens is 3. The lowest BCUT2D eigenvalue weighted by Gasteiger charge is -2.38. The molecule has 1 heterocycles. The van der Waals surface area contributed by atoms with Gasteiger partial charge in [-0.15, -0.1) is 0 Å². The summed E-state index contributed by atoms with van der Waals surface area (Å²) in [5, 5.41) is 8.99. The van der Waals surface area contributed by atoms with Gasteiger partial charge in [0.05, 0.1) is 11.1 Å². The standard InChI is InChI=1S/C20H27F3N2O4/c1-19(2,3)29-18(28)24(4)15-6-5-9-25(12-15)11-14-8-7-13(17(26)27)10-16(14)20(21,22)23/h7-8,10,15H,5-6,9,11-12H2,1-4H3,(H,26,27)/t15-/m0/s1. The van der Waals surface area contributed by atoms with Gasteiger partial charge in [-0.05, 0) is 57.9 Å². The molecule has 0 aliphatic carbocycles. The third-order valence-corrected chi connectivity index (χ3v) is 4.77. The van der Waals surface area contributed by atoms with Crippen LogP contribution in [0.3, 0.4) is 0 Å². The van der Waals surface area contributed by atoms with Crippen LogP contribution in [-0.4, -0.2) is 58.7 Å². The Labute approximate surface area is 168 Å². The highest BCUT2D eigenvalue weighted by atomic mass is 19.4. The van der Waals surface area contributed by atoms with Gasteiger partial charge in [0.15, 0.2) is 0 Å². The van der Waals surface area contributed by atoms with E-state index in [2.05, 4.69) is 0 Å². The second-order valence-corrected chi connectivity index (χ2v) is 8.30. The predicted octanol–water partition coefficient (Wildman–Crippen LogP) is 4.23. The van der Waals surface area contributed by atoms with Gasteiger partial charge in [0, 0.05) is 26.2 Å². The highest BCUT2D eigenvalue weighted by Gasteiger charge is 2.35. The lowest BCUT2D eigenvalue weighted by molar-refractivity contribution is -0.138. The van der Waals surface area contributed by atoms with Crippen molar-refractivity contribution in [1.29, 1.82) is 0 Å². The lowest BCUT2D eigenvalue weighted by Crippen LogP contribution is -2.49. The molecule has 0 bridgehead atoms. The normalized spacial score (nSPS) is 18.4. The maximum Gasteiger partial charge on any atom is 0.416 e. The van der Waals surface area contributed by atoms with Crippen LogP contribution in [-0.2, 0) is 17.5 Å². The van der Waals surface area contributed by atoms with Crippen LogP contribution < -0.4 is 0 Å². The van der Waals surface area contributed by atoms with Crippen molar-refractivity contribution in [2.45, 2.75) is 58.0 Å². The number of benzene rings is 1. The zero-order valence-corrected chi connectivity index (χ0v) is 17.0. The van der Waals surface area contributed by atoms with Crippen LogP contribution in [0.5, 0.6) is 0 Å². The van der Waals surface area contributed by atoms with E-state index < -0.39 is 35.0 Å². The number of carboxylic acid groups (broad SMARTS) is 1. The van der Waals surface area contributed by atoms with Gasteiger partial charge in [0.1, 0.15) is 5.60 Å². The molecule has 0 radical (unpaired) electrons. The quantitative estimate of drug-likeness (QED) is 0.795. The summed E-state index contributed by atoms with van der Waals surface area (Å²) in [5.41, 5.74) is -1.96. The van der Waals surface area contributed by atoms with Gasteiger partial charge in [-0.2, -0.15) is 13.2 Å². The van der Waals surface area contributed by atoms with Gasteiger partial charge in [-0.1, -0.05) is 6.07 Å². The Bertz CT molecular complexity index is 759. The third-order valence-electron chi connectivity index (χ3n) is 4.77. The average Bonchev–Trinajstić information content (AvgIpc) is 2.59. The van der Waals surface area contributed by atoms with Crippen LogP contribution in [0.1, 0.15) is 55.1 Å². The number of rotatable bonds is 4. The van der Waals surface area contributed by atoms with Crippen LogP contribution in [0.25, 0.3) is 0 Å². The molecule has 1 saturated heterocycles. The molecule has 6 nitrogen and oxygen atoms in total. The minimum Gasteiger partial charge on any atom is -0.478 e. The number of ether oxygens (including phenoxy) is 1. The number of hydrogen-bond acceptors (Lipinski definition) is 4. The lowest BCUT2D eigenvalue weighted by atomic mass is 10.00. The zero-order valence-electron chi connectivity index (χ0n) is 17.0. The van der Waals surface area contributed by atoms with Gasteiger partial charge >= 0.3 is 18.2 Å². The smallest absolute Gasteiger partial charge is 0.416 e. The van der Waals surface area contributed by atoms with E-state index >= 15 is 0 Å². The van der Waals surface area contributed by atoms with Crippen molar-refractivity contribution >= 4 is 12.1 Å². The van der Waals surface area contributed by atoms with E-state index in [1.807, 2.05) is 4.90 Å². The predicted molar refractivity (Wildman–Crippen MR) is 101 cm³/mol. The summed E-state index contributed by atoms with van der Waals surface area (Å²) in [6, 6.07) is 2.90. The highest BCUT2D eigenvalue weighted by molar-refractivity contribution is 5.88. The van der Waals surface area contributed by atoms with Crippen molar-refractivity contribution in [1.82, 2.24) is 9.80 Å². The first kappa shape index (κ1) is 23.0. The van der Waals surface area contributed by atoms with Crippen LogP contribution >= 0.6 is 0 Å². The Balaban J connectivity index is 2.14. The Kier molecular flexibility index (Phi) is 6.82. The summed E-state index contributed by atoms with van der Waals surface area (Å²) in [7, 11) is 1.63. The van der Waals surface area contributed by atoms with E-state index in [-0.39, 0.29) is 18.2 Å². The molecule has 0 aromatic heterocycles. The minimum absolute atomic E-state index is 0.0167. The Morgan fingerprint density at radius 2 is 1.93 bits per heavy atom.